The van der Waals surface area contributed by atoms with Gasteiger partial charge < -0.3 is 9.84 Å². The van der Waals surface area contributed by atoms with E-state index in [0.717, 1.165) is 29.1 Å². The number of H-pyrrole nitrogens is 1. The molecular weight excluding hydrogens is 470 g/mol. The van der Waals surface area contributed by atoms with E-state index in [9.17, 15) is 23.2 Å². The van der Waals surface area contributed by atoms with Gasteiger partial charge in [0.25, 0.3) is 5.56 Å². The number of carbonyl (C=O) groups excluding carboxylic acids is 2. The van der Waals surface area contributed by atoms with Gasteiger partial charge in [-0.05, 0) is 40.8 Å². The highest BCUT2D eigenvalue weighted by molar-refractivity contribution is 5.93. The molecule has 0 radical (unpaired) electrons. The summed E-state index contributed by atoms with van der Waals surface area (Å²) in [5.41, 5.74) is 0.165. The summed E-state index contributed by atoms with van der Waals surface area (Å²) in [5, 5.41) is 9.72. The molecule has 10 heteroatoms. The number of aryl methyl sites for hydroxylation is 1. The molecule has 1 amide bonds. The van der Waals surface area contributed by atoms with E-state index < -0.39 is 40.3 Å². The third-order valence-corrected chi connectivity index (χ3v) is 5.87. The van der Waals surface area contributed by atoms with E-state index in [1.165, 1.54) is 0 Å². The summed E-state index contributed by atoms with van der Waals surface area (Å²) in [6.07, 6.45) is 1.04. The number of nitrogens with one attached hydrogen (secondary N) is 2. The zero-order valence-electron chi connectivity index (χ0n) is 20.3. The van der Waals surface area contributed by atoms with Crippen LogP contribution in [0.1, 0.15) is 49.3 Å². The van der Waals surface area contributed by atoms with Crippen molar-refractivity contribution >= 4 is 22.6 Å². The Bertz CT molecular complexity index is 1490. The molecule has 0 aliphatic heterocycles. The molecule has 0 unspecified atom stereocenters. The first kappa shape index (κ1) is 25.0. The number of hydrogen-bond donors (Lipinski definition) is 2. The first-order valence-corrected chi connectivity index (χ1v) is 11.3. The van der Waals surface area contributed by atoms with Crippen LogP contribution in [-0.2, 0) is 34.9 Å². The highest BCUT2D eigenvalue weighted by Crippen LogP contribution is 2.29. The van der Waals surface area contributed by atoms with Crippen LogP contribution in [0.15, 0.2) is 51.9 Å². The van der Waals surface area contributed by atoms with Gasteiger partial charge in [-0.15, -0.1) is 0 Å². The van der Waals surface area contributed by atoms with E-state index in [-0.39, 0.29) is 29.7 Å². The Labute approximate surface area is 205 Å². The summed E-state index contributed by atoms with van der Waals surface area (Å²) in [5.74, 6) is -2.39. The molecule has 4 aromatic rings. The predicted octanol–water partition coefficient (Wildman–Crippen LogP) is 3.64. The van der Waals surface area contributed by atoms with Gasteiger partial charge >= 0.3 is 0 Å². The van der Waals surface area contributed by atoms with Crippen LogP contribution in [0.3, 0.4) is 0 Å². The first-order chi connectivity index (χ1) is 16.9. The van der Waals surface area contributed by atoms with E-state index >= 15 is 0 Å². The molecule has 0 spiro atoms. The lowest BCUT2D eigenvalue weighted by atomic mass is 9.85. The fourth-order valence-corrected chi connectivity index (χ4v) is 4.24. The number of ketones is 1. The minimum Gasteiger partial charge on any atom is -0.383 e. The Balaban J connectivity index is 1.64. The molecule has 36 heavy (non-hydrogen) atoms. The van der Waals surface area contributed by atoms with Gasteiger partial charge in [0.1, 0.15) is 23.4 Å². The van der Waals surface area contributed by atoms with Crippen LogP contribution in [0.2, 0.25) is 0 Å². The average Bonchev–Trinajstić information content (AvgIpc) is 3.35. The topological polar surface area (TPSA) is 110 Å². The second-order valence-electron chi connectivity index (χ2n) is 9.77. The van der Waals surface area contributed by atoms with E-state index in [4.69, 9.17) is 4.52 Å². The summed E-state index contributed by atoms with van der Waals surface area (Å²) in [7, 11) is 1.78. The highest BCUT2D eigenvalue weighted by Gasteiger charge is 2.27. The number of aromatic amines is 1. The number of aromatic nitrogens is 3. The summed E-state index contributed by atoms with van der Waals surface area (Å²) >= 11 is 0. The fourth-order valence-electron chi connectivity index (χ4n) is 4.24. The Morgan fingerprint density at radius 3 is 2.42 bits per heavy atom. The summed E-state index contributed by atoms with van der Waals surface area (Å²) in [6, 6.07) is 7.52. The number of carbonyl (C=O) groups is 2. The van der Waals surface area contributed by atoms with Crippen molar-refractivity contribution in [2.24, 2.45) is 7.05 Å². The molecule has 0 aliphatic carbocycles. The maximum Gasteiger partial charge on any atom is 0.280 e. The van der Waals surface area contributed by atoms with Crippen LogP contribution >= 0.6 is 0 Å². The number of amides is 1. The van der Waals surface area contributed by atoms with Crippen molar-refractivity contribution in [1.82, 2.24) is 20.3 Å². The van der Waals surface area contributed by atoms with Crippen molar-refractivity contribution in [3.63, 3.8) is 0 Å². The highest BCUT2D eigenvalue weighted by atomic mass is 19.1. The van der Waals surface area contributed by atoms with Gasteiger partial charge in [0.05, 0.1) is 18.1 Å². The first-order valence-electron chi connectivity index (χ1n) is 11.3. The monoisotopic (exact) mass is 496 g/mol. The maximum atomic E-state index is 14.7. The van der Waals surface area contributed by atoms with Gasteiger partial charge in [-0.1, -0.05) is 26.8 Å². The Hall–Kier alpha value is -4.08. The molecule has 4 rings (SSSR count). The van der Waals surface area contributed by atoms with Gasteiger partial charge in [0, 0.05) is 30.5 Å². The van der Waals surface area contributed by atoms with Crippen molar-refractivity contribution in [1.29, 1.82) is 0 Å². The minimum atomic E-state index is -1.11. The van der Waals surface area contributed by atoms with Crippen LogP contribution in [-0.4, -0.2) is 26.6 Å². The molecule has 2 heterocycles. The van der Waals surface area contributed by atoms with E-state index in [1.807, 2.05) is 0 Å². The number of Topliss-reactive ketones (excluding diaryl/α,β-unsaturated/α-hetero) is 1. The zero-order chi connectivity index (χ0) is 26.2. The lowest BCUT2D eigenvalue weighted by molar-refractivity contribution is -0.127. The number of halogens is 2. The molecule has 188 valence electrons. The standard InChI is InChI=1S/C26H26F2N4O4/c1-26(2,3)24-18(27)7-14(8-19(24)28)9-21(33)25(30-22(34)11-17-12-23(35)31-36-17)15-5-6-20-16(10-15)13-29-32(20)4/h5-8,10,12-13,25H,9,11H2,1-4H3,(H,30,34)(H,31,35)/t25-/m1/s1. The molecule has 2 N–H and O–H groups in total. The van der Waals surface area contributed by atoms with Gasteiger partial charge in [-0.3, -0.25) is 19.1 Å². The lowest BCUT2D eigenvalue weighted by Gasteiger charge is -2.22. The number of nitrogens with zero attached hydrogens (tertiary/aromatic N) is 2. The molecule has 0 bridgehead atoms. The Kier molecular flexibility index (Phi) is 6.62. The molecule has 1 atom stereocenters. The molecule has 0 aliphatic rings. The molecular formula is C26H26F2N4O4. The van der Waals surface area contributed by atoms with Crippen LogP contribution in [0.4, 0.5) is 8.78 Å². The molecule has 0 saturated carbocycles. The van der Waals surface area contributed by atoms with Crippen LogP contribution < -0.4 is 10.9 Å². The minimum absolute atomic E-state index is 0.0569. The average molecular weight is 497 g/mol. The smallest absolute Gasteiger partial charge is 0.280 e. The Morgan fingerprint density at radius 1 is 1.11 bits per heavy atom. The van der Waals surface area contributed by atoms with Crippen molar-refractivity contribution in [2.75, 3.05) is 0 Å². The van der Waals surface area contributed by atoms with Gasteiger partial charge in [0.2, 0.25) is 5.91 Å². The van der Waals surface area contributed by atoms with Crippen molar-refractivity contribution in [2.45, 2.75) is 45.1 Å². The SMILES string of the molecule is Cn1ncc2cc([C@@H](NC(=O)Cc3cc(=O)[nH]o3)C(=O)Cc3cc(F)c(C(C)(C)C)c(F)c3)ccc21. The maximum absolute atomic E-state index is 14.7. The van der Waals surface area contributed by atoms with Gasteiger partial charge in [-0.25, -0.2) is 8.78 Å². The second kappa shape index (κ2) is 9.52. The number of fused-ring (bicyclic) bond motifs is 1. The largest absolute Gasteiger partial charge is 0.383 e. The van der Waals surface area contributed by atoms with Crippen molar-refractivity contribution in [3.8, 4) is 0 Å². The molecule has 2 aromatic carbocycles. The summed E-state index contributed by atoms with van der Waals surface area (Å²) in [4.78, 5) is 37.4. The van der Waals surface area contributed by atoms with Crippen molar-refractivity contribution in [3.05, 3.63) is 87.0 Å². The van der Waals surface area contributed by atoms with Crippen LogP contribution in [0.5, 0.6) is 0 Å². The number of benzene rings is 2. The summed E-state index contributed by atoms with van der Waals surface area (Å²) < 4.78 is 36.1. The van der Waals surface area contributed by atoms with Crippen molar-refractivity contribution < 1.29 is 22.9 Å². The van der Waals surface area contributed by atoms with Gasteiger partial charge in [-0.2, -0.15) is 10.3 Å². The number of hydrogen-bond acceptors (Lipinski definition) is 5. The molecule has 2 aromatic heterocycles. The molecule has 0 saturated heterocycles. The lowest BCUT2D eigenvalue weighted by Crippen LogP contribution is -2.35. The predicted molar refractivity (Wildman–Crippen MR) is 128 cm³/mol. The quantitative estimate of drug-likeness (QED) is 0.406. The van der Waals surface area contributed by atoms with E-state index in [2.05, 4.69) is 15.6 Å². The third-order valence-electron chi connectivity index (χ3n) is 5.87. The third kappa shape index (κ3) is 5.27. The molecule has 0 fully saturated rings. The van der Waals surface area contributed by atoms with E-state index in [0.29, 0.717) is 5.56 Å². The molecule has 8 nitrogen and oxygen atoms in total. The van der Waals surface area contributed by atoms with Crippen LogP contribution in [0.25, 0.3) is 10.9 Å². The normalized spacial score (nSPS) is 12.6. The fraction of sp³-hybridized carbons (Fsp3) is 0.308. The number of rotatable bonds is 7. The second-order valence-corrected chi connectivity index (χ2v) is 9.77. The summed E-state index contributed by atoms with van der Waals surface area (Å²) in [6.45, 7) is 5.10. The zero-order valence-corrected chi connectivity index (χ0v) is 20.3. The van der Waals surface area contributed by atoms with Gasteiger partial charge in [0.15, 0.2) is 5.78 Å². The van der Waals surface area contributed by atoms with E-state index in [1.54, 1.807) is 56.9 Å². The van der Waals surface area contributed by atoms with Crippen LogP contribution in [0, 0.1) is 11.6 Å². The Morgan fingerprint density at radius 2 is 1.81 bits per heavy atom.